The molecule has 1 unspecified atom stereocenters. The number of aromatic nitrogens is 2. The van der Waals surface area contributed by atoms with Crippen LogP contribution in [0.3, 0.4) is 0 Å². The summed E-state index contributed by atoms with van der Waals surface area (Å²) in [6.45, 7) is 1.38. The highest BCUT2D eigenvalue weighted by Crippen LogP contribution is 2.25. The number of carboxylic acids is 1. The first-order valence-corrected chi connectivity index (χ1v) is 6.15. The van der Waals surface area contributed by atoms with Gasteiger partial charge in [-0.05, 0) is 18.9 Å². The molecule has 0 aliphatic carbocycles. The van der Waals surface area contributed by atoms with Gasteiger partial charge in [0.05, 0.1) is 6.42 Å². The van der Waals surface area contributed by atoms with Crippen LogP contribution < -0.4 is 0 Å². The molecule has 18 heavy (non-hydrogen) atoms. The Bertz CT molecular complexity index is 416. The van der Waals surface area contributed by atoms with Crippen LogP contribution in [0.4, 0.5) is 0 Å². The zero-order chi connectivity index (χ0) is 13.0. The van der Waals surface area contributed by atoms with Crippen LogP contribution in [-0.4, -0.2) is 45.2 Å². The summed E-state index contributed by atoms with van der Waals surface area (Å²) in [5.41, 5.74) is 1.05. The van der Waals surface area contributed by atoms with Crippen LogP contribution in [0, 0.1) is 0 Å². The van der Waals surface area contributed by atoms with Gasteiger partial charge in [0, 0.05) is 37.3 Å². The highest BCUT2D eigenvalue weighted by atomic mass is 16.4. The summed E-state index contributed by atoms with van der Waals surface area (Å²) in [4.78, 5) is 24.1. The number of carbonyl (C=O) groups excluding carboxylic acids is 1. The second kappa shape index (κ2) is 5.66. The van der Waals surface area contributed by atoms with E-state index in [1.807, 2.05) is 6.07 Å². The smallest absolute Gasteiger partial charge is 0.303 e. The summed E-state index contributed by atoms with van der Waals surface area (Å²) in [5.74, 6) is -0.706. The SMILES string of the molecule is O=C(O)CCC(=O)N1CCCC(c2ccn[nH]2)C1. The average Bonchev–Trinajstić information content (AvgIpc) is 2.90. The summed E-state index contributed by atoms with van der Waals surface area (Å²) in [5, 5.41) is 15.4. The Balaban J connectivity index is 1.90. The molecule has 98 valence electrons. The summed E-state index contributed by atoms with van der Waals surface area (Å²) in [6, 6.07) is 1.93. The first-order chi connectivity index (χ1) is 8.66. The number of aromatic amines is 1. The minimum absolute atomic E-state index is 0.0679. The lowest BCUT2D eigenvalue weighted by Gasteiger charge is -2.32. The van der Waals surface area contributed by atoms with Gasteiger partial charge in [0.1, 0.15) is 0 Å². The van der Waals surface area contributed by atoms with Gasteiger partial charge in [-0.25, -0.2) is 0 Å². The largest absolute Gasteiger partial charge is 0.481 e. The Hall–Kier alpha value is -1.85. The maximum absolute atomic E-state index is 11.9. The Labute approximate surface area is 105 Å². The fraction of sp³-hybridized carbons (Fsp3) is 0.583. The molecule has 1 atom stereocenters. The summed E-state index contributed by atoms with van der Waals surface area (Å²) >= 11 is 0. The van der Waals surface area contributed by atoms with Crippen molar-refractivity contribution in [2.45, 2.75) is 31.6 Å². The van der Waals surface area contributed by atoms with Gasteiger partial charge in [0.25, 0.3) is 0 Å². The van der Waals surface area contributed by atoms with E-state index in [1.54, 1.807) is 11.1 Å². The lowest BCUT2D eigenvalue weighted by atomic mass is 9.94. The second-order valence-electron chi connectivity index (χ2n) is 4.58. The number of hydrogen-bond acceptors (Lipinski definition) is 3. The molecule has 1 aromatic heterocycles. The van der Waals surface area contributed by atoms with Gasteiger partial charge < -0.3 is 10.0 Å². The molecule has 0 aromatic carbocycles. The molecule has 0 saturated carbocycles. The molecule has 1 aliphatic heterocycles. The first kappa shape index (κ1) is 12.6. The van der Waals surface area contributed by atoms with E-state index >= 15 is 0 Å². The van der Waals surface area contributed by atoms with Gasteiger partial charge in [0.2, 0.25) is 5.91 Å². The van der Waals surface area contributed by atoms with Gasteiger partial charge in [0.15, 0.2) is 0 Å². The fourth-order valence-electron chi connectivity index (χ4n) is 2.32. The number of rotatable bonds is 4. The van der Waals surface area contributed by atoms with Crippen molar-refractivity contribution in [3.63, 3.8) is 0 Å². The minimum Gasteiger partial charge on any atom is -0.481 e. The standard InChI is InChI=1S/C12H17N3O3/c16-11(3-4-12(17)18)15-7-1-2-9(8-15)10-5-6-13-14-10/h5-6,9H,1-4,7-8H2,(H,13,14)(H,17,18). The second-order valence-corrected chi connectivity index (χ2v) is 4.58. The molecule has 0 spiro atoms. The molecule has 0 bridgehead atoms. The number of amides is 1. The lowest BCUT2D eigenvalue weighted by molar-refractivity contribution is -0.141. The number of piperidine rings is 1. The van der Waals surface area contributed by atoms with E-state index in [0.29, 0.717) is 6.54 Å². The Morgan fingerprint density at radius 2 is 2.33 bits per heavy atom. The minimum atomic E-state index is -0.925. The van der Waals surface area contributed by atoms with Crippen LogP contribution in [0.5, 0.6) is 0 Å². The molecule has 1 aliphatic rings. The number of nitrogens with one attached hydrogen (secondary N) is 1. The first-order valence-electron chi connectivity index (χ1n) is 6.15. The van der Waals surface area contributed by atoms with Crippen LogP contribution in [0.2, 0.25) is 0 Å². The van der Waals surface area contributed by atoms with Crippen LogP contribution in [0.15, 0.2) is 12.3 Å². The van der Waals surface area contributed by atoms with Crippen molar-refractivity contribution in [2.75, 3.05) is 13.1 Å². The molecule has 6 nitrogen and oxygen atoms in total. The summed E-state index contributed by atoms with van der Waals surface area (Å²) in [6.07, 6.45) is 3.68. The highest BCUT2D eigenvalue weighted by Gasteiger charge is 2.25. The summed E-state index contributed by atoms with van der Waals surface area (Å²) < 4.78 is 0. The highest BCUT2D eigenvalue weighted by molar-refractivity contribution is 5.80. The molecule has 2 heterocycles. The third-order valence-corrected chi connectivity index (χ3v) is 3.29. The zero-order valence-corrected chi connectivity index (χ0v) is 10.1. The summed E-state index contributed by atoms with van der Waals surface area (Å²) in [7, 11) is 0. The van der Waals surface area contributed by atoms with Crippen molar-refractivity contribution >= 4 is 11.9 Å². The van der Waals surface area contributed by atoms with Gasteiger partial charge in [-0.15, -0.1) is 0 Å². The van der Waals surface area contributed by atoms with Crippen molar-refractivity contribution in [3.8, 4) is 0 Å². The third-order valence-electron chi connectivity index (χ3n) is 3.29. The van der Waals surface area contributed by atoms with Crippen molar-refractivity contribution in [1.29, 1.82) is 0 Å². The third kappa shape index (κ3) is 3.09. The van der Waals surface area contributed by atoms with Gasteiger partial charge in [-0.1, -0.05) is 0 Å². The Kier molecular flexibility index (Phi) is 3.96. The number of likely N-dealkylation sites (tertiary alicyclic amines) is 1. The van der Waals surface area contributed by atoms with Crippen molar-refractivity contribution < 1.29 is 14.7 Å². The topological polar surface area (TPSA) is 86.3 Å². The van der Waals surface area contributed by atoms with Crippen molar-refractivity contribution in [3.05, 3.63) is 18.0 Å². The van der Waals surface area contributed by atoms with E-state index < -0.39 is 5.97 Å². The maximum Gasteiger partial charge on any atom is 0.303 e. The van der Waals surface area contributed by atoms with Crippen LogP contribution >= 0.6 is 0 Å². The predicted octanol–water partition coefficient (Wildman–Crippen LogP) is 0.980. The van der Waals surface area contributed by atoms with Crippen molar-refractivity contribution in [2.24, 2.45) is 0 Å². The van der Waals surface area contributed by atoms with E-state index in [1.165, 1.54) is 0 Å². The molecule has 2 N–H and O–H groups in total. The number of carboxylic acid groups (broad SMARTS) is 1. The Morgan fingerprint density at radius 3 is 3.00 bits per heavy atom. The lowest BCUT2D eigenvalue weighted by Crippen LogP contribution is -2.39. The molecule has 1 amide bonds. The number of carbonyl (C=O) groups is 2. The number of nitrogens with zero attached hydrogens (tertiary/aromatic N) is 2. The molecular formula is C12H17N3O3. The quantitative estimate of drug-likeness (QED) is 0.835. The van der Waals surface area contributed by atoms with Gasteiger partial charge in [-0.2, -0.15) is 5.10 Å². The number of H-pyrrole nitrogens is 1. The normalized spacial score (nSPS) is 19.8. The molecule has 1 aromatic rings. The molecule has 1 saturated heterocycles. The zero-order valence-electron chi connectivity index (χ0n) is 10.1. The van der Waals surface area contributed by atoms with E-state index in [2.05, 4.69) is 10.2 Å². The van der Waals surface area contributed by atoms with Crippen molar-refractivity contribution in [1.82, 2.24) is 15.1 Å². The molecule has 6 heteroatoms. The Morgan fingerprint density at radius 1 is 1.50 bits per heavy atom. The predicted molar refractivity (Wildman–Crippen MR) is 64.0 cm³/mol. The molecular weight excluding hydrogens is 234 g/mol. The van der Waals surface area contributed by atoms with Gasteiger partial charge >= 0.3 is 5.97 Å². The number of aliphatic carboxylic acids is 1. The van der Waals surface area contributed by atoms with Crippen LogP contribution in [0.25, 0.3) is 0 Å². The maximum atomic E-state index is 11.9. The van der Waals surface area contributed by atoms with E-state index in [0.717, 1.165) is 25.1 Å². The van der Waals surface area contributed by atoms with Gasteiger partial charge in [-0.3, -0.25) is 14.7 Å². The van der Waals surface area contributed by atoms with E-state index in [9.17, 15) is 9.59 Å². The fourth-order valence-corrected chi connectivity index (χ4v) is 2.32. The average molecular weight is 251 g/mol. The van der Waals surface area contributed by atoms with Crippen LogP contribution in [0.1, 0.15) is 37.3 Å². The van der Waals surface area contributed by atoms with Crippen LogP contribution in [-0.2, 0) is 9.59 Å². The molecule has 1 fully saturated rings. The van der Waals surface area contributed by atoms with E-state index in [4.69, 9.17) is 5.11 Å². The molecule has 2 rings (SSSR count). The monoisotopic (exact) mass is 251 g/mol. The molecule has 0 radical (unpaired) electrons. The number of hydrogen-bond donors (Lipinski definition) is 2. The van der Waals surface area contributed by atoms with E-state index in [-0.39, 0.29) is 24.7 Å².